The van der Waals surface area contributed by atoms with Gasteiger partial charge >= 0.3 is 5.97 Å². The van der Waals surface area contributed by atoms with Crippen molar-refractivity contribution < 1.29 is 22.8 Å². The number of carbonyl (C=O) groups is 1. The molecule has 0 aromatic rings. The molecule has 6 unspecified atom stereocenters. The van der Waals surface area contributed by atoms with E-state index in [0.717, 1.165) is 7.05 Å². The summed E-state index contributed by atoms with van der Waals surface area (Å²) >= 11 is 0. The van der Waals surface area contributed by atoms with Crippen LogP contribution in [0.1, 0.15) is 33.6 Å². The predicted molar refractivity (Wildman–Crippen MR) is 70.8 cm³/mol. The van der Waals surface area contributed by atoms with Gasteiger partial charge in [-0.05, 0) is 37.5 Å². The molecule has 0 saturated heterocycles. The van der Waals surface area contributed by atoms with E-state index in [2.05, 4.69) is 0 Å². The highest BCUT2D eigenvalue weighted by Crippen LogP contribution is 2.50. The van der Waals surface area contributed by atoms with Crippen molar-refractivity contribution >= 4 is 16.0 Å². The van der Waals surface area contributed by atoms with Gasteiger partial charge in [-0.3, -0.25) is 9.26 Å². The Hall–Kier alpha value is -0.660. The Morgan fingerprint density at radius 1 is 1.42 bits per heavy atom. The van der Waals surface area contributed by atoms with E-state index in [-0.39, 0.29) is 17.8 Å². The average Bonchev–Trinajstić information content (AvgIpc) is 3.07. The molecule has 112 valence electrons. The molecule has 0 aliphatic heterocycles. The highest BCUT2D eigenvalue weighted by Gasteiger charge is 2.52. The summed E-state index contributed by atoms with van der Waals surface area (Å²) in [6, 6.07) is 0. The molecule has 0 aromatic carbocycles. The standard InChI is InChI=1S/C12H23NO5S/c1-5-9(12(14)15)7(2)10-6-11(10)8(3)19(17,18)13(4)16/h7-11,13H,5-6H2,1-4H3,(H,14,15). The first kappa shape index (κ1) is 16.4. The highest BCUT2D eigenvalue weighted by atomic mass is 32.2. The summed E-state index contributed by atoms with van der Waals surface area (Å²) < 4.78 is 22.8. The molecular formula is C12H23NO5S. The maximum atomic E-state index is 11.8. The number of hydrogen-bond acceptors (Lipinski definition) is 4. The number of nitrogens with one attached hydrogen (secondary N) is 1. The number of sulfonamides is 1. The van der Waals surface area contributed by atoms with E-state index in [1.807, 2.05) is 13.8 Å². The Balaban J connectivity index is 2.72. The summed E-state index contributed by atoms with van der Waals surface area (Å²) in [4.78, 5) is 11.1. The monoisotopic (exact) mass is 293 g/mol. The SMILES string of the molecule is CCC(C(=O)O)C(C)C1CC1C(C)S(=O)(=O)[NH+](C)[O-]. The van der Waals surface area contributed by atoms with Gasteiger partial charge in [0.1, 0.15) is 5.25 Å². The lowest BCUT2D eigenvalue weighted by Crippen LogP contribution is -3.07. The minimum atomic E-state index is -3.72. The minimum Gasteiger partial charge on any atom is -0.618 e. The van der Waals surface area contributed by atoms with E-state index < -0.39 is 31.6 Å². The highest BCUT2D eigenvalue weighted by molar-refractivity contribution is 7.85. The molecule has 6 nitrogen and oxygen atoms in total. The summed E-state index contributed by atoms with van der Waals surface area (Å²) in [6.07, 6.45) is 1.23. The van der Waals surface area contributed by atoms with Gasteiger partial charge in [-0.1, -0.05) is 13.8 Å². The number of rotatable bonds is 7. The van der Waals surface area contributed by atoms with Crippen LogP contribution in [0.15, 0.2) is 0 Å². The predicted octanol–water partition coefficient (Wildman–Crippen LogP) is 0.100. The molecule has 1 aliphatic carbocycles. The van der Waals surface area contributed by atoms with Crippen LogP contribution >= 0.6 is 0 Å². The van der Waals surface area contributed by atoms with E-state index in [1.54, 1.807) is 6.92 Å². The van der Waals surface area contributed by atoms with Crippen molar-refractivity contribution in [3.05, 3.63) is 5.21 Å². The van der Waals surface area contributed by atoms with Crippen LogP contribution in [0, 0.1) is 28.9 Å². The first-order chi connectivity index (χ1) is 8.64. The van der Waals surface area contributed by atoms with Crippen LogP contribution in [0.5, 0.6) is 0 Å². The van der Waals surface area contributed by atoms with Gasteiger partial charge in [-0.25, -0.2) is 0 Å². The third kappa shape index (κ3) is 3.27. The number of carboxylic acids is 1. The lowest BCUT2D eigenvalue weighted by Gasteiger charge is -2.23. The second kappa shape index (κ2) is 5.76. The Morgan fingerprint density at radius 2 is 1.95 bits per heavy atom. The zero-order valence-electron chi connectivity index (χ0n) is 11.8. The van der Waals surface area contributed by atoms with Crippen molar-refractivity contribution in [2.45, 2.75) is 38.9 Å². The number of quaternary nitrogens is 1. The number of hydrogen-bond donors (Lipinski definition) is 2. The second-order valence-corrected chi connectivity index (χ2v) is 7.93. The van der Waals surface area contributed by atoms with E-state index in [4.69, 9.17) is 5.11 Å². The number of carboxylic acid groups (broad SMARTS) is 1. The van der Waals surface area contributed by atoms with Gasteiger partial charge in [0.05, 0.1) is 13.0 Å². The zero-order chi connectivity index (χ0) is 15.0. The molecule has 19 heavy (non-hydrogen) atoms. The minimum absolute atomic E-state index is 0.0582. The molecule has 0 aromatic heterocycles. The molecule has 1 rings (SSSR count). The van der Waals surface area contributed by atoms with Gasteiger partial charge < -0.3 is 10.3 Å². The van der Waals surface area contributed by atoms with Crippen LogP contribution in [0.4, 0.5) is 0 Å². The van der Waals surface area contributed by atoms with Crippen LogP contribution in [0.3, 0.4) is 0 Å². The Kier molecular flexibility index (Phi) is 4.97. The molecule has 0 bridgehead atoms. The number of aliphatic carboxylic acids is 1. The van der Waals surface area contributed by atoms with Crippen LogP contribution in [-0.4, -0.2) is 31.8 Å². The van der Waals surface area contributed by atoms with E-state index in [1.165, 1.54) is 0 Å². The molecule has 0 heterocycles. The first-order valence-electron chi connectivity index (χ1n) is 6.61. The van der Waals surface area contributed by atoms with Crippen LogP contribution in [0.25, 0.3) is 0 Å². The third-order valence-electron chi connectivity index (χ3n) is 4.45. The molecule has 1 aliphatic rings. The fraction of sp³-hybridized carbons (Fsp3) is 0.917. The maximum absolute atomic E-state index is 11.8. The molecule has 1 fully saturated rings. The largest absolute Gasteiger partial charge is 0.618 e. The van der Waals surface area contributed by atoms with Gasteiger partial charge in [0.25, 0.3) is 10.0 Å². The van der Waals surface area contributed by atoms with E-state index in [0.29, 0.717) is 12.8 Å². The average molecular weight is 293 g/mol. The normalized spacial score (nSPS) is 29.3. The van der Waals surface area contributed by atoms with Crippen LogP contribution in [-0.2, 0) is 14.8 Å². The van der Waals surface area contributed by atoms with E-state index in [9.17, 15) is 18.4 Å². The lowest BCUT2D eigenvalue weighted by molar-refractivity contribution is -0.681. The molecule has 1 saturated carbocycles. The third-order valence-corrected chi connectivity index (χ3v) is 6.58. The Morgan fingerprint density at radius 3 is 2.32 bits per heavy atom. The molecule has 7 heteroatoms. The van der Waals surface area contributed by atoms with Gasteiger partial charge in [-0.2, -0.15) is 8.42 Å². The molecule has 0 amide bonds. The van der Waals surface area contributed by atoms with Crippen LogP contribution in [0.2, 0.25) is 0 Å². The van der Waals surface area contributed by atoms with Gasteiger partial charge in [-0.15, -0.1) is 0 Å². The summed E-state index contributed by atoms with van der Waals surface area (Å²) in [6.45, 7) is 5.23. The summed E-state index contributed by atoms with van der Waals surface area (Å²) in [5.41, 5.74) is 0. The zero-order valence-corrected chi connectivity index (χ0v) is 12.6. The summed E-state index contributed by atoms with van der Waals surface area (Å²) in [7, 11) is -2.65. The van der Waals surface area contributed by atoms with E-state index >= 15 is 0 Å². The second-order valence-electron chi connectivity index (χ2n) is 5.52. The molecule has 0 spiro atoms. The molecule has 6 atom stereocenters. The van der Waals surface area contributed by atoms with Crippen molar-refractivity contribution in [1.29, 1.82) is 0 Å². The first-order valence-corrected chi connectivity index (χ1v) is 8.16. The van der Waals surface area contributed by atoms with Crippen molar-refractivity contribution in [2.24, 2.45) is 23.7 Å². The lowest BCUT2D eigenvalue weighted by atomic mass is 9.87. The molecular weight excluding hydrogens is 270 g/mol. The van der Waals surface area contributed by atoms with Crippen molar-refractivity contribution in [2.75, 3.05) is 7.05 Å². The Bertz CT molecular complexity index is 433. The van der Waals surface area contributed by atoms with Gasteiger partial charge in [0.2, 0.25) is 0 Å². The van der Waals surface area contributed by atoms with Crippen molar-refractivity contribution in [1.82, 2.24) is 0 Å². The van der Waals surface area contributed by atoms with Crippen molar-refractivity contribution in [3.63, 3.8) is 0 Å². The van der Waals surface area contributed by atoms with Gasteiger partial charge in [0, 0.05) is 0 Å². The fourth-order valence-electron chi connectivity index (χ4n) is 2.94. The number of hydroxylamine groups is 1. The molecule has 0 radical (unpaired) electrons. The Labute approximate surface area is 114 Å². The fourth-order valence-corrected chi connectivity index (χ4v) is 4.24. The van der Waals surface area contributed by atoms with Crippen molar-refractivity contribution in [3.8, 4) is 0 Å². The molecule has 2 N–H and O–H groups in total. The smallest absolute Gasteiger partial charge is 0.306 e. The topological polar surface area (TPSA) is 98.9 Å². The summed E-state index contributed by atoms with van der Waals surface area (Å²) in [5.74, 6) is -1.33. The quantitative estimate of drug-likeness (QED) is 0.649. The summed E-state index contributed by atoms with van der Waals surface area (Å²) in [5, 5.41) is 19.5. The maximum Gasteiger partial charge on any atom is 0.306 e. The van der Waals surface area contributed by atoms with Crippen LogP contribution < -0.4 is 4.47 Å². The van der Waals surface area contributed by atoms with Gasteiger partial charge in [0.15, 0.2) is 0 Å².